The van der Waals surface area contributed by atoms with Crippen LogP contribution in [-0.2, 0) is 6.18 Å². The summed E-state index contributed by atoms with van der Waals surface area (Å²) in [6.45, 7) is 2.54. The second kappa shape index (κ2) is 8.30. The number of halogens is 3. The average Bonchev–Trinajstić information content (AvgIpc) is 3.34. The lowest BCUT2D eigenvalue weighted by Crippen LogP contribution is -2.56. The molecule has 3 aromatic heterocycles. The van der Waals surface area contributed by atoms with Gasteiger partial charge in [0.2, 0.25) is 0 Å². The predicted octanol–water partition coefficient (Wildman–Crippen LogP) is 3.49. The molecule has 8 nitrogen and oxygen atoms in total. The number of carbonyl (C=O) groups excluding carboxylic acids is 1. The highest BCUT2D eigenvalue weighted by atomic mass is 19.4. The number of anilines is 1. The van der Waals surface area contributed by atoms with Crippen molar-refractivity contribution in [3.63, 3.8) is 0 Å². The van der Waals surface area contributed by atoms with Gasteiger partial charge in [-0.1, -0.05) is 6.07 Å². The zero-order valence-electron chi connectivity index (χ0n) is 18.7. The van der Waals surface area contributed by atoms with Crippen LogP contribution >= 0.6 is 0 Å². The maximum Gasteiger partial charge on any atom is 0.420 e. The Morgan fingerprint density at radius 1 is 1.09 bits per heavy atom. The standard InChI is InChI=1S/C23H23F3N6O2/c1-14-11-18(32(29-14)19-5-3-4-9-27-19)22(33)30-12-15-6-7-16(13-30)31(15)21-20(34-2)17(8-10-28-21)23(24,25)26/h3-5,8-11,15-16H,6-7,12-13H2,1-2H3. The van der Waals surface area contributed by atoms with Crippen LogP contribution in [0.15, 0.2) is 42.7 Å². The van der Waals surface area contributed by atoms with Gasteiger partial charge in [0.25, 0.3) is 5.91 Å². The highest BCUT2D eigenvalue weighted by Gasteiger charge is 2.45. The molecule has 0 radical (unpaired) electrons. The first kappa shape index (κ1) is 22.2. The minimum absolute atomic E-state index is 0.167. The molecule has 5 heterocycles. The van der Waals surface area contributed by atoms with Gasteiger partial charge in [-0.15, -0.1) is 0 Å². The molecule has 5 rings (SSSR count). The lowest BCUT2D eigenvalue weighted by Gasteiger charge is -2.42. The highest BCUT2D eigenvalue weighted by molar-refractivity contribution is 5.93. The van der Waals surface area contributed by atoms with Crippen molar-refractivity contribution in [2.24, 2.45) is 0 Å². The molecule has 2 aliphatic heterocycles. The Labute approximate surface area is 194 Å². The van der Waals surface area contributed by atoms with Gasteiger partial charge in [0.1, 0.15) is 11.3 Å². The van der Waals surface area contributed by atoms with E-state index in [9.17, 15) is 18.0 Å². The number of methoxy groups -OCH3 is 1. The summed E-state index contributed by atoms with van der Waals surface area (Å²) < 4.78 is 47.3. The SMILES string of the molecule is COc1c(C(F)(F)F)ccnc1N1C2CCC1CN(C(=O)c1cc(C)nn1-c1ccccn1)C2. The molecule has 2 aliphatic rings. The van der Waals surface area contributed by atoms with Crippen molar-refractivity contribution < 1.29 is 22.7 Å². The van der Waals surface area contributed by atoms with Crippen LogP contribution in [-0.4, -0.2) is 62.8 Å². The van der Waals surface area contributed by atoms with Crippen molar-refractivity contribution in [3.05, 3.63) is 59.7 Å². The largest absolute Gasteiger partial charge is 0.492 e. The number of fused-ring (bicyclic) bond motifs is 2. The Kier molecular flexibility index (Phi) is 5.41. The van der Waals surface area contributed by atoms with Crippen molar-refractivity contribution in [1.29, 1.82) is 0 Å². The third-order valence-electron chi connectivity index (χ3n) is 6.33. The van der Waals surface area contributed by atoms with Gasteiger partial charge >= 0.3 is 6.18 Å². The number of alkyl halides is 3. The quantitative estimate of drug-likeness (QED) is 0.579. The number of amides is 1. The first-order chi connectivity index (χ1) is 16.3. The number of rotatable bonds is 4. The van der Waals surface area contributed by atoms with Crippen LogP contribution in [0.3, 0.4) is 0 Å². The summed E-state index contributed by atoms with van der Waals surface area (Å²) in [6, 6.07) is 7.69. The van der Waals surface area contributed by atoms with Gasteiger partial charge in [0.05, 0.1) is 12.8 Å². The first-order valence-corrected chi connectivity index (χ1v) is 10.9. The predicted molar refractivity (Wildman–Crippen MR) is 117 cm³/mol. The number of pyridine rings is 2. The summed E-state index contributed by atoms with van der Waals surface area (Å²) in [5.41, 5.74) is 0.236. The van der Waals surface area contributed by atoms with E-state index in [-0.39, 0.29) is 29.6 Å². The maximum atomic E-state index is 13.5. The zero-order chi connectivity index (χ0) is 24.0. The lowest BCUT2D eigenvalue weighted by atomic mass is 10.1. The molecule has 34 heavy (non-hydrogen) atoms. The molecule has 0 aliphatic carbocycles. The summed E-state index contributed by atoms with van der Waals surface area (Å²) in [7, 11) is 1.22. The van der Waals surface area contributed by atoms with E-state index in [2.05, 4.69) is 15.1 Å². The van der Waals surface area contributed by atoms with E-state index in [0.717, 1.165) is 25.1 Å². The minimum atomic E-state index is -4.55. The Morgan fingerprint density at radius 2 is 1.82 bits per heavy atom. The fraction of sp³-hybridized carbons (Fsp3) is 0.391. The molecule has 1 amide bonds. The van der Waals surface area contributed by atoms with E-state index in [4.69, 9.17) is 4.74 Å². The smallest absolute Gasteiger partial charge is 0.420 e. The monoisotopic (exact) mass is 472 g/mol. The summed E-state index contributed by atoms with van der Waals surface area (Å²) in [5.74, 6) is 0.243. The molecule has 11 heteroatoms. The van der Waals surface area contributed by atoms with E-state index in [1.807, 2.05) is 17.9 Å². The molecule has 3 aromatic rings. The van der Waals surface area contributed by atoms with Gasteiger partial charge in [-0.05, 0) is 44.0 Å². The summed E-state index contributed by atoms with van der Waals surface area (Å²) in [5, 5.41) is 4.43. The zero-order valence-corrected chi connectivity index (χ0v) is 18.7. The van der Waals surface area contributed by atoms with Crippen molar-refractivity contribution >= 4 is 11.7 Å². The Morgan fingerprint density at radius 3 is 2.44 bits per heavy atom. The minimum Gasteiger partial charge on any atom is -0.492 e. The molecule has 2 fully saturated rings. The number of hydrogen-bond donors (Lipinski definition) is 0. The van der Waals surface area contributed by atoms with Crippen LogP contribution < -0.4 is 9.64 Å². The van der Waals surface area contributed by atoms with Crippen LogP contribution in [0.25, 0.3) is 5.82 Å². The molecule has 2 bridgehead atoms. The third-order valence-corrected chi connectivity index (χ3v) is 6.33. The van der Waals surface area contributed by atoms with E-state index in [1.54, 1.807) is 29.3 Å². The normalized spacial score (nSPS) is 20.0. The number of aromatic nitrogens is 4. The number of carbonyl (C=O) groups is 1. The van der Waals surface area contributed by atoms with Gasteiger partial charge in [0, 0.05) is 37.6 Å². The molecular formula is C23H23F3N6O2. The van der Waals surface area contributed by atoms with Crippen molar-refractivity contribution in [2.45, 2.75) is 38.0 Å². The average molecular weight is 472 g/mol. The maximum absolute atomic E-state index is 13.5. The second-order valence-electron chi connectivity index (χ2n) is 8.49. The van der Waals surface area contributed by atoms with Crippen molar-refractivity contribution in [2.75, 3.05) is 25.1 Å². The molecular weight excluding hydrogens is 449 g/mol. The molecule has 2 saturated heterocycles. The highest BCUT2D eigenvalue weighted by Crippen LogP contribution is 2.44. The number of nitrogens with zero attached hydrogens (tertiary/aromatic N) is 6. The number of ether oxygens (including phenoxy) is 1. The topological polar surface area (TPSA) is 76.4 Å². The van der Waals surface area contributed by atoms with Gasteiger partial charge in [-0.2, -0.15) is 18.3 Å². The van der Waals surface area contributed by atoms with E-state index in [1.165, 1.54) is 11.8 Å². The number of piperazine rings is 1. The van der Waals surface area contributed by atoms with E-state index < -0.39 is 11.7 Å². The molecule has 0 spiro atoms. The van der Waals surface area contributed by atoms with Crippen molar-refractivity contribution in [1.82, 2.24) is 24.6 Å². The third kappa shape index (κ3) is 3.74. The first-order valence-electron chi connectivity index (χ1n) is 10.9. The van der Waals surface area contributed by atoms with Gasteiger partial charge in [-0.3, -0.25) is 4.79 Å². The molecule has 2 atom stereocenters. The fourth-order valence-corrected chi connectivity index (χ4v) is 4.93. The van der Waals surface area contributed by atoms with E-state index >= 15 is 0 Å². The number of aryl methyl sites for hydroxylation is 1. The molecule has 178 valence electrons. The fourth-order valence-electron chi connectivity index (χ4n) is 4.93. The van der Waals surface area contributed by atoms with Crippen LogP contribution in [0.2, 0.25) is 0 Å². The Hall–Kier alpha value is -3.63. The Bertz CT molecular complexity index is 1200. The molecule has 0 aromatic carbocycles. The molecule has 2 unspecified atom stereocenters. The Balaban J connectivity index is 1.43. The summed E-state index contributed by atoms with van der Waals surface area (Å²) in [6.07, 6.45) is -0.273. The van der Waals surface area contributed by atoms with Crippen LogP contribution in [0.4, 0.5) is 19.0 Å². The number of likely N-dealkylation sites (tertiary alicyclic amines) is 1. The number of hydrogen-bond acceptors (Lipinski definition) is 6. The second-order valence-corrected chi connectivity index (χ2v) is 8.49. The van der Waals surface area contributed by atoms with E-state index in [0.29, 0.717) is 30.3 Å². The molecule has 0 saturated carbocycles. The lowest BCUT2D eigenvalue weighted by molar-refractivity contribution is -0.138. The van der Waals surface area contributed by atoms with Gasteiger partial charge in [0.15, 0.2) is 17.4 Å². The van der Waals surface area contributed by atoms with Gasteiger partial charge < -0.3 is 14.5 Å². The van der Waals surface area contributed by atoms with Crippen molar-refractivity contribution in [3.8, 4) is 11.6 Å². The van der Waals surface area contributed by atoms with Gasteiger partial charge in [-0.25, -0.2) is 14.6 Å². The van der Waals surface area contributed by atoms with Crippen LogP contribution in [0.5, 0.6) is 5.75 Å². The van der Waals surface area contributed by atoms with Crippen LogP contribution in [0, 0.1) is 6.92 Å². The van der Waals surface area contributed by atoms with Crippen LogP contribution in [0.1, 0.15) is 34.6 Å². The summed E-state index contributed by atoms with van der Waals surface area (Å²) >= 11 is 0. The molecule has 0 N–H and O–H groups in total. The summed E-state index contributed by atoms with van der Waals surface area (Å²) in [4.78, 5) is 25.7.